The number of anilines is 1. The lowest BCUT2D eigenvalue weighted by Crippen LogP contribution is -2.46. The van der Waals surface area contributed by atoms with E-state index >= 15 is 0 Å². The summed E-state index contributed by atoms with van der Waals surface area (Å²) in [6, 6.07) is 21.1. The molecular formula is C24H21ClFN2O. The molecule has 0 unspecified atom stereocenters. The zero-order valence-corrected chi connectivity index (χ0v) is 16.7. The molecule has 29 heavy (non-hydrogen) atoms. The number of halogens is 2. The highest BCUT2D eigenvalue weighted by Crippen LogP contribution is 2.27. The van der Waals surface area contributed by atoms with Crippen LogP contribution in [0.5, 0.6) is 0 Å². The van der Waals surface area contributed by atoms with Crippen LogP contribution in [0.3, 0.4) is 0 Å². The smallest absolute Gasteiger partial charge is 0.236 e. The number of benzene rings is 3. The number of hydrogen-bond donors (Lipinski definition) is 0. The van der Waals surface area contributed by atoms with Crippen molar-refractivity contribution >= 4 is 23.6 Å². The fourth-order valence-corrected chi connectivity index (χ4v) is 3.88. The van der Waals surface area contributed by atoms with Crippen molar-refractivity contribution in [2.45, 2.75) is 6.54 Å². The van der Waals surface area contributed by atoms with E-state index in [2.05, 4.69) is 34.1 Å². The third kappa shape index (κ3) is 4.50. The molecular weight excluding hydrogens is 387 g/mol. The minimum atomic E-state index is -0.517. The average Bonchev–Trinajstić information content (AvgIpc) is 2.75. The van der Waals surface area contributed by atoms with Gasteiger partial charge in [-0.1, -0.05) is 48.0 Å². The maximum absolute atomic E-state index is 13.9. The maximum Gasteiger partial charge on any atom is 0.236 e. The number of carbonyl (C=O) groups excluding carboxylic acids is 1. The van der Waals surface area contributed by atoms with Crippen molar-refractivity contribution in [3.05, 3.63) is 88.7 Å². The Balaban J connectivity index is 1.43. The van der Waals surface area contributed by atoms with Crippen LogP contribution in [0, 0.1) is 5.82 Å². The fourth-order valence-electron chi connectivity index (χ4n) is 3.76. The molecule has 0 atom stereocenters. The molecule has 0 spiro atoms. The van der Waals surface area contributed by atoms with Crippen LogP contribution in [-0.2, 0) is 11.3 Å². The van der Waals surface area contributed by atoms with Crippen LogP contribution in [0.2, 0.25) is 5.02 Å². The van der Waals surface area contributed by atoms with Crippen LogP contribution in [0.1, 0.15) is 11.1 Å². The number of hydrogen-bond acceptors (Lipinski definition) is 3. The molecule has 1 saturated heterocycles. The Bertz CT molecular complexity index is 998. The van der Waals surface area contributed by atoms with Crippen LogP contribution >= 0.6 is 11.6 Å². The first-order valence-corrected chi connectivity index (χ1v) is 10.0. The number of piperazine rings is 1. The third-order valence-corrected chi connectivity index (χ3v) is 5.62. The summed E-state index contributed by atoms with van der Waals surface area (Å²) in [6.45, 7) is 4.26. The molecule has 3 nitrogen and oxygen atoms in total. The van der Waals surface area contributed by atoms with Gasteiger partial charge in [-0.2, -0.15) is 0 Å². The second kappa shape index (κ2) is 8.76. The first-order chi connectivity index (χ1) is 14.1. The quantitative estimate of drug-likeness (QED) is 0.599. The molecule has 0 amide bonds. The molecule has 4 rings (SSSR count). The zero-order valence-electron chi connectivity index (χ0n) is 15.9. The SMILES string of the molecule is O=[C]c1ccc(N2CCN(Cc3ccccc3-c3ccc(Cl)cc3)CC2)cc1F. The van der Waals surface area contributed by atoms with Crippen molar-refractivity contribution in [1.82, 2.24) is 4.90 Å². The summed E-state index contributed by atoms with van der Waals surface area (Å²) in [5.74, 6) is -0.517. The topological polar surface area (TPSA) is 23.6 Å². The predicted molar refractivity (Wildman–Crippen MR) is 116 cm³/mol. The molecule has 1 aliphatic rings. The monoisotopic (exact) mass is 407 g/mol. The van der Waals surface area contributed by atoms with Crippen molar-refractivity contribution in [1.29, 1.82) is 0 Å². The highest BCUT2D eigenvalue weighted by molar-refractivity contribution is 6.30. The summed E-state index contributed by atoms with van der Waals surface area (Å²) in [7, 11) is 0. The van der Waals surface area contributed by atoms with E-state index < -0.39 is 5.82 Å². The lowest BCUT2D eigenvalue weighted by Gasteiger charge is -2.36. The van der Waals surface area contributed by atoms with Gasteiger partial charge in [-0.25, -0.2) is 4.39 Å². The summed E-state index contributed by atoms with van der Waals surface area (Å²) < 4.78 is 13.9. The molecule has 5 heteroatoms. The van der Waals surface area contributed by atoms with Gasteiger partial charge in [0.05, 0.1) is 5.56 Å². The third-order valence-electron chi connectivity index (χ3n) is 5.37. The van der Waals surface area contributed by atoms with Crippen molar-refractivity contribution in [2.75, 3.05) is 31.1 Å². The summed E-state index contributed by atoms with van der Waals surface area (Å²) >= 11 is 6.03. The fraction of sp³-hybridized carbons (Fsp3) is 0.208. The zero-order chi connectivity index (χ0) is 20.2. The molecule has 147 valence electrons. The molecule has 0 bridgehead atoms. The van der Waals surface area contributed by atoms with Crippen molar-refractivity contribution in [2.24, 2.45) is 0 Å². The van der Waals surface area contributed by atoms with E-state index in [1.807, 2.05) is 24.3 Å². The molecule has 1 heterocycles. The van der Waals surface area contributed by atoms with Gasteiger partial charge in [0, 0.05) is 43.4 Å². The molecule has 1 radical (unpaired) electrons. The summed E-state index contributed by atoms with van der Waals surface area (Å²) in [5.41, 5.74) is 4.44. The Hall–Kier alpha value is -2.69. The van der Waals surface area contributed by atoms with Crippen LogP contribution in [-0.4, -0.2) is 37.4 Å². The van der Waals surface area contributed by atoms with E-state index in [0.29, 0.717) is 0 Å². The van der Waals surface area contributed by atoms with Gasteiger partial charge in [0.2, 0.25) is 6.29 Å². The minimum Gasteiger partial charge on any atom is -0.369 e. The Morgan fingerprint density at radius 1 is 0.931 bits per heavy atom. The molecule has 3 aromatic carbocycles. The van der Waals surface area contributed by atoms with Gasteiger partial charge < -0.3 is 4.90 Å². The lowest BCUT2D eigenvalue weighted by molar-refractivity contribution is 0.250. The maximum atomic E-state index is 13.9. The Labute approximate surface area is 175 Å². The second-order valence-corrected chi connectivity index (χ2v) is 7.63. The van der Waals surface area contributed by atoms with Crippen molar-refractivity contribution in [3.63, 3.8) is 0 Å². The standard InChI is InChI=1S/C24H21ClFN2O/c25-21-8-5-18(6-9-21)23-4-2-1-3-19(23)16-27-11-13-28(14-12-27)22-10-7-20(17-29)24(26)15-22/h1-10,15H,11-14,16H2. The van der Waals surface area contributed by atoms with Gasteiger partial charge in [-0.3, -0.25) is 9.69 Å². The van der Waals surface area contributed by atoms with E-state index in [9.17, 15) is 9.18 Å². The minimum absolute atomic E-state index is 0.0220. The lowest BCUT2D eigenvalue weighted by atomic mass is 9.99. The van der Waals surface area contributed by atoms with Crippen molar-refractivity contribution in [3.8, 4) is 11.1 Å². The molecule has 0 aliphatic carbocycles. The van der Waals surface area contributed by atoms with Crippen molar-refractivity contribution < 1.29 is 9.18 Å². The highest BCUT2D eigenvalue weighted by atomic mass is 35.5. The largest absolute Gasteiger partial charge is 0.369 e. The van der Waals surface area contributed by atoms with E-state index in [0.717, 1.165) is 49.0 Å². The summed E-state index contributed by atoms with van der Waals surface area (Å²) in [6.07, 6.45) is 1.62. The molecule has 0 N–H and O–H groups in total. The number of nitrogens with zero attached hydrogens (tertiary/aromatic N) is 2. The van der Waals surface area contributed by atoms with E-state index in [4.69, 9.17) is 11.6 Å². The molecule has 0 aromatic heterocycles. The molecule has 3 aromatic rings. The first-order valence-electron chi connectivity index (χ1n) is 9.63. The summed E-state index contributed by atoms with van der Waals surface area (Å²) in [4.78, 5) is 15.3. The normalized spacial score (nSPS) is 14.8. The number of rotatable bonds is 5. The first kappa shape index (κ1) is 19.6. The van der Waals surface area contributed by atoms with Crippen LogP contribution in [0.4, 0.5) is 10.1 Å². The highest BCUT2D eigenvalue weighted by Gasteiger charge is 2.19. The molecule has 1 aliphatic heterocycles. The molecule has 0 saturated carbocycles. The molecule has 1 fully saturated rings. The van der Waals surface area contributed by atoms with E-state index in [1.54, 1.807) is 12.4 Å². The van der Waals surface area contributed by atoms with Gasteiger partial charge in [-0.15, -0.1) is 0 Å². The van der Waals surface area contributed by atoms with Gasteiger partial charge in [-0.05, 0) is 47.0 Å². The van der Waals surface area contributed by atoms with Gasteiger partial charge in [0.15, 0.2) is 0 Å². The van der Waals surface area contributed by atoms with Gasteiger partial charge in [0.25, 0.3) is 0 Å². The van der Waals surface area contributed by atoms with E-state index in [-0.39, 0.29) is 5.56 Å². The van der Waals surface area contributed by atoms with Crippen LogP contribution < -0.4 is 4.90 Å². The second-order valence-electron chi connectivity index (χ2n) is 7.19. The van der Waals surface area contributed by atoms with E-state index in [1.165, 1.54) is 23.3 Å². The van der Waals surface area contributed by atoms with Crippen LogP contribution in [0.15, 0.2) is 66.7 Å². The predicted octanol–water partition coefficient (Wildman–Crippen LogP) is 4.93. The van der Waals surface area contributed by atoms with Gasteiger partial charge in [0.1, 0.15) is 5.82 Å². The Morgan fingerprint density at radius 2 is 1.66 bits per heavy atom. The Kier molecular flexibility index (Phi) is 5.93. The Morgan fingerprint density at radius 3 is 2.34 bits per heavy atom. The van der Waals surface area contributed by atoms with Crippen LogP contribution in [0.25, 0.3) is 11.1 Å². The average molecular weight is 408 g/mol. The van der Waals surface area contributed by atoms with Gasteiger partial charge >= 0.3 is 0 Å². The summed E-state index contributed by atoms with van der Waals surface area (Å²) in [5, 5.41) is 0.734.